The van der Waals surface area contributed by atoms with Crippen LogP contribution in [0.2, 0.25) is 0 Å². The van der Waals surface area contributed by atoms with Gasteiger partial charge in [-0.25, -0.2) is 0 Å². The van der Waals surface area contributed by atoms with Crippen LogP contribution in [0.1, 0.15) is 38.8 Å². The fourth-order valence-electron chi connectivity index (χ4n) is 3.77. The molecule has 0 spiro atoms. The van der Waals surface area contributed by atoms with E-state index in [0.29, 0.717) is 24.5 Å². The maximum absolute atomic E-state index is 13.5. The quantitative estimate of drug-likeness (QED) is 0.130. The molecule has 7 heteroatoms. The molecular formula is C30H38O7. The number of ether oxygens (including phenoxy) is 5. The molecule has 200 valence electrons. The lowest BCUT2D eigenvalue weighted by Gasteiger charge is -2.30. The number of allylic oxidation sites excluding steroid dienone is 1. The lowest BCUT2D eigenvalue weighted by atomic mass is 9.75. The predicted octanol–water partition coefficient (Wildman–Crippen LogP) is 5.39. The maximum Gasteiger partial charge on any atom is 0.328 e. The number of carbonyl (C=O) groups is 2. The van der Waals surface area contributed by atoms with Crippen LogP contribution in [0.4, 0.5) is 0 Å². The van der Waals surface area contributed by atoms with E-state index in [1.165, 1.54) is 0 Å². The molecule has 0 heterocycles. The van der Waals surface area contributed by atoms with E-state index in [1.54, 1.807) is 38.1 Å². The number of hydrogen-bond acceptors (Lipinski definition) is 7. The smallest absolute Gasteiger partial charge is 0.328 e. The van der Waals surface area contributed by atoms with Gasteiger partial charge in [-0.2, -0.15) is 0 Å². The number of para-hydroxylation sites is 1. The Morgan fingerprint density at radius 1 is 0.838 bits per heavy atom. The number of rotatable bonds is 16. The SMILES string of the molecule is C=C(C=Cc1ccccc1)C(Cc1ccccc1OCC(OCC)OCC)(C(=O)OCC)C(=O)OCC. The highest BCUT2D eigenvalue weighted by Gasteiger charge is 2.51. The van der Waals surface area contributed by atoms with Crippen LogP contribution in [0.15, 0.2) is 72.8 Å². The molecule has 0 N–H and O–H groups in total. The highest BCUT2D eigenvalue weighted by atomic mass is 16.7. The summed E-state index contributed by atoms with van der Waals surface area (Å²) >= 11 is 0. The van der Waals surface area contributed by atoms with Crippen molar-refractivity contribution >= 4 is 18.0 Å². The van der Waals surface area contributed by atoms with E-state index in [4.69, 9.17) is 23.7 Å². The van der Waals surface area contributed by atoms with Gasteiger partial charge in [0, 0.05) is 19.6 Å². The van der Waals surface area contributed by atoms with Gasteiger partial charge in [0.05, 0.1) is 13.2 Å². The van der Waals surface area contributed by atoms with Crippen LogP contribution in [-0.4, -0.2) is 51.3 Å². The van der Waals surface area contributed by atoms with Crippen molar-refractivity contribution in [1.82, 2.24) is 0 Å². The Balaban J connectivity index is 2.49. The van der Waals surface area contributed by atoms with Crippen molar-refractivity contribution < 1.29 is 33.3 Å². The highest BCUT2D eigenvalue weighted by molar-refractivity contribution is 6.04. The molecule has 0 atom stereocenters. The number of hydrogen-bond donors (Lipinski definition) is 0. The molecule has 2 aromatic carbocycles. The summed E-state index contributed by atoms with van der Waals surface area (Å²) in [5.74, 6) is -0.968. The molecule has 0 radical (unpaired) electrons. The molecular weight excluding hydrogens is 472 g/mol. The number of esters is 2. The molecule has 0 aromatic heterocycles. The second kappa shape index (κ2) is 15.6. The van der Waals surface area contributed by atoms with Crippen LogP contribution in [-0.2, 0) is 35.0 Å². The Morgan fingerprint density at radius 3 is 1.97 bits per heavy atom. The topological polar surface area (TPSA) is 80.3 Å². The van der Waals surface area contributed by atoms with Crippen LogP contribution in [0.3, 0.4) is 0 Å². The summed E-state index contributed by atoms with van der Waals surface area (Å²) in [4.78, 5) is 27.0. The first kappa shape index (κ1) is 29.8. The van der Waals surface area contributed by atoms with E-state index in [1.807, 2.05) is 56.3 Å². The van der Waals surface area contributed by atoms with Crippen LogP contribution < -0.4 is 4.74 Å². The van der Waals surface area contributed by atoms with Crippen molar-refractivity contribution in [2.75, 3.05) is 33.0 Å². The molecule has 0 unspecified atom stereocenters. The summed E-state index contributed by atoms with van der Waals surface area (Å²) in [5.41, 5.74) is -0.0446. The van der Waals surface area contributed by atoms with E-state index < -0.39 is 23.6 Å². The zero-order valence-electron chi connectivity index (χ0n) is 22.2. The van der Waals surface area contributed by atoms with E-state index >= 15 is 0 Å². The average molecular weight is 511 g/mol. The summed E-state index contributed by atoms with van der Waals surface area (Å²) in [5, 5.41) is 0. The van der Waals surface area contributed by atoms with Gasteiger partial charge in [0.1, 0.15) is 12.4 Å². The summed E-state index contributed by atoms with van der Waals surface area (Å²) in [6, 6.07) is 16.7. The largest absolute Gasteiger partial charge is 0.488 e. The lowest BCUT2D eigenvalue weighted by molar-refractivity contribution is -0.168. The highest BCUT2D eigenvalue weighted by Crippen LogP contribution is 2.38. The van der Waals surface area contributed by atoms with E-state index in [2.05, 4.69) is 6.58 Å². The van der Waals surface area contributed by atoms with E-state index in [-0.39, 0.29) is 31.8 Å². The minimum atomic E-state index is -1.81. The fourth-order valence-corrected chi connectivity index (χ4v) is 3.77. The van der Waals surface area contributed by atoms with Crippen molar-refractivity contribution in [1.29, 1.82) is 0 Å². The zero-order valence-corrected chi connectivity index (χ0v) is 22.2. The van der Waals surface area contributed by atoms with Crippen molar-refractivity contribution in [3.63, 3.8) is 0 Å². The van der Waals surface area contributed by atoms with Crippen molar-refractivity contribution in [2.45, 2.75) is 40.4 Å². The molecule has 0 aliphatic rings. The van der Waals surface area contributed by atoms with E-state index in [9.17, 15) is 9.59 Å². The average Bonchev–Trinajstić information content (AvgIpc) is 2.90. The summed E-state index contributed by atoms with van der Waals surface area (Å²) < 4.78 is 28.0. The second-order valence-electron chi connectivity index (χ2n) is 8.05. The Bertz CT molecular complexity index is 1010. The van der Waals surface area contributed by atoms with Gasteiger partial charge in [0.25, 0.3) is 0 Å². The monoisotopic (exact) mass is 510 g/mol. The summed E-state index contributed by atoms with van der Waals surface area (Å²) in [6.07, 6.45) is 2.85. The van der Waals surface area contributed by atoms with Gasteiger partial charge < -0.3 is 23.7 Å². The first-order valence-electron chi connectivity index (χ1n) is 12.6. The molecule has 7 nitrogen and oxygen atoms in total. The Morgan fingerprint density at radius 2 is 1.41 bits per heavy atom. The molecule has 2 rings (SSSR count). The molecule has 0 fully saturated rings. The van der Waals surface area contributed by atoms with Gasteiger partial charge in [0.2, 0.25) is 0 Å². The van der Waals surface area contributed by atoms with Gasteiger partial charge in [-0.15, -0.1) is 0 Å². The molecule has 0 bridgehead atoms. The Kier molecular flexibility index (Phi) is 12.6. The minimum absolute atomic E-state index is 0.0628. The van der Waals surface area contributed by atoms with Crippen LogP contribution in [0.25, 0.3) is 6.08 Å². The van der Waals surface area contributed by atoms with Crippen LogP contribution in [0.5, 0.6) is 5.75 Å². The first-order valence-corrected chi connectivity index (χ1v) is 12.6. The van der Waals surface area contributed by atoms with Gasteiger partial charge in [0.15, 0.2) is 11.7 Å². The number of benzene rings is 2. The third-order valence-corrected chi connectivity index (χ3v) is 5.58. The molecule has 0 aliphatic heterocycles. The predicted molar refractivity (Wildman–Crippen MR) is 143 cm³/mol. The Hall–Kier alpha value is -3.42. The fraction of sp³-hybridized carbons (Fsp3) is 0.400. The van der Waals surface area contributed by atoms with Gasteiger partial charge in [-0.1, -0.05) is 67.3 Å². The summed E-state index contributed by atoms with van der Waals surface area (Å²) in [7, 11) is 0. The Labute approximate surface area is 220 Å². The van der Waals surface area contributed by atoms with E-state index in [0.717, 1.165) is 5.56 Å². The van der Waals surface area contributed by atoms with Crippen molar-refractivity contribution in [2.24, 2.45) is 5.41 Å². The summed E-state index contributed by atoms with van der Waals surface area (Å²) in [6.45, 7) is 12.5. The molecule has 37 heavy (non-hydrogen) atoms. The van der Waals surface area contributed by atoms with Crippen molar-refractivity contribution in [3.8, 4) is 5.75 Å². The number of carbonyl (C=O) groups excluding carboxylic acids is 2. The lowest BCUT2D eigenvalue weighted by Crippen LogP contribution is -2.45. The normalized spacial score (nSPS) is 11.5. The second-order valence-corrected chi connectivity index (χ2v) is 8.05. The van der Waals surface area contributed by atoms with Gasteiger partial charge in [-0.05, 0) is 50.5 Å². The molecule has 0 aliphatic carbocycles. The van der Waals surface area contributed by atoms with Crippen molar-refractivity contribution in [3.05, 3.63) is 84.0 Å². The maximum atomic E-state index is 13.5. The van der Waals surface area contributed by atoms with Gasteiger partial charge >= 0.3 is 11.9 Å². The third kappa shape index (κ3) is 8.30. The van der Waals surface area contributed by atoms with Crippen LogP contribution in [0, 0.1) is 5.41 Å². The first-order chi connectivity index (χ1) is 17.9. The molecule has 0 amide bonds. The zero-order chi connectivity index (χ0) is 27.1. The molecule has 0 saturated carbocycles. The third-order valence-electron chi connectivity index (χ3n) is 5.58. The molecule has 0 saturated heterocycles. The van der Waals surface area contributed by atoms with Gasteiger partial charge in [-0.3, -0.25) is 9.59 Å². The molecule has 2 aromatic rings. The van der Waals surface area contributed by atoms with Crippen LogP contribution >= 0.6 is 0 Å². The standard InChI is InChI=1S/C30H38O7/c1-6-33-27(34-7-2)22-37-26-18-14-13-17-25(26)21-30(28(31)35-8-3,29(32)36-9-4)23(5)19-20-24-15-11-10-12-16-24/h10-20,27H,5-9,21-22H2,1-4H3. The minimum Gasteiger partial charge on any atom is -0.488 e.